The highest BCUT2D eigenvalue weighted by Crippen LogP contribution is 2.19. The standard InChI is InChI=1S/C21H21FN4O2/c1-14-12-19(20(27)23-11-10-15-6-3-4-9-18(15)22)26-21(24-14)25-16-7-5-8-17(13-16)28-2/h3-9,12-13H,10-11H2,1-2H3,(H,23,27)(H,24,25,26). The molecular formula is C21H21FN4O2. The van der Waals surface area contributed by atoms with Crippen LogP contribution in [0.3, 0.4) is 0 Å². The van der Waals surface area contributed by atoms with Gasteiger partial charge in [-0.25, -0.2) is 14.4 Å². The molecule has 0 fully saturated rings. The Morgan fingerprint density at radius 1 is 1.11 bits per heavy atom. The van der Waals surface area contributed by atoms with Gasteiger partial charge in [-0.1, -0.05) is 24.3 Å². The molecule has 2 N–H and O–H groups in total. The van der Waals surface area contributed by atoms with Gasteiger partial charge in [0.05, 0.1) is 7.11 Å². The molecule has 0 aliphatic carbocycles. The van der Waals surface area contributed by atoms with Gasteiger partial charge in [-0.15, -0.1) is 0 Å². The summed E-state index contributed by atoms with van der Waals surface area (Å²) < 4.78 is 18.8. The van der Waals surface area contributed by atoms with Crippen molar-refractivity contribution in [1.29, 1.82) is 0 Å². The predicted molar refractivity (Wildman–Crippen MR) is 105 cm³/mol. The highest BCUT2D eigenvalue weighted by Gasteiger charge is 2.11. The summed E-state index contributed by atoms with van der Waals surface area (Å²) in [6, 6.07) is 15.4. The van der Waals surface area contributed by atoms with E-state index in [2.05, 4.69) is 20.6 Å². The van der Waals surface area contributed by atoms with Crippen molar-refractivity contribution >= 4 is 17.5 Å². The number of nitrogens with one attached hydrogen (secondary N) is 2. The molecule has 0 saturated carbocycles. The van der Waals surface area contributed by atoms with Gasteiger partial charge in [-0.05, 0) is 43.2 Å². The van der Waals surface area contributed by atoms with E-state index in [-0.39, 0.29) is 17.4 Å². The number of ether oxygens (including phenoxy) is 1. The first-order valence-electron chi connectivity index (χ1n) is 8.83. The summed E-state index contributed by atoms with van der Waals surface area (Å²) in [7, 11) is 1.59. The van der Waals surface area contributed by atoms with Gasteiger partial charge in [0.25, 0.3) is 5.91 Å². The zero-order valence-corrected chi connectivity index (χ0v) is 15.7. The maximum absolute atomic E-state index is 13.7. The average Bonchev–Trinajstić information content (AvgIpc) is 2.69. The molecule has 1 amide bonds. The zero-order chi connectivity index (χ0) is 19.9. The number of aromatic nitrogens is 2. The number of aryl methyl sites for hydroxylation is 1. The Morgan fingerprint density at radius 2 is 1.93 bits per heavy atom. The topological polar surface area (TPSA) is 76.1 Å². The number of carbonyl (C=O) groups is 1. The molecule has 0 spiro atoms. The number of nitrogens with zero attached hydrogens (tertiary/aromatic N) is 2. The second-order valence-corrected chi connectivity index (χ2v) is 6.17. The summed E-state index contributed by atoms with van der Waals surface area (Å²) in [5, 5.41) is 5.84. The molecule has 3 aromatic rings. The van der Waals surface area contributed by atoms with Crippen LogP contribution in [-0.4, -0.2) is 29.5 Å². The Balaban J connectivity index is 1.66. The number of amides is 1. The summed E-state index contributed by atoms with van der Waals surface area (Å²) in [5.41, 5.74) is 2.20. The molecule has 6 nitrogen and oxygen atoms in total. The van der Waals surface area contributed by atoms with Gasteiger partial charge < -0.3 is 15.4 Å². The second-order valence-electron chi connectivity index (χ2n) is 6.17. The van der Waals surface area contributed by atoms with Crippen LogP contribution >= 0.6 is 0 Å². The van der Waals surface area contributed by atoms with Crippen LogP contribution in [0.25, 0.3) is 0 Å². The Kier molecular flexibility index (Phi) is 6.16. The van der Waals surface area contributed by atoms with E-state index in [4.69, 9.17) is 4.74 Å². The van der Waals surface area contributed by atoms with Crippen LogP contribution in [-0.2, 0) is 6.42 Å². The van der Waals surface area contributed by atoms with Crippen molar-refractivity contribution in [3.63, 3.8) is 0 Å². The predicted octanol–water partition coefficient (Wildman–Crippen LogP) is 3.65. The van der Waals surface area contributed by atoms with Crippen molar-refractivity contribution in [1.82, 2.24) is 15.3 Å². The molecule has 28 heavy (non-hydrogen) atoms. The lowest BCUT2D eigenvalue weighted by atomic mass is 10.1. The molecule has 0 atom stereocenters. The molecule has 0 saturated heterocycles. The lowest BCUT2D eigenvalue weighted by Gasteiger charge is -2.10. The van der Waals surface area contributed by atoms with Crippen molar-refractivity contribution < 1.29 is 13.9 Å². The number of anilines is 2. The summed E-state index contributed by atoms with van der Waals surface area (Å²) in [4.78, 5) is 21.0. The van der Waals surface area contributed by atoms with Crippen LogP contribution in [0.5, 0.6) is 5.75 Å². The fourth-order valence-corrected chi connectivity index (χ4v) is 2.67. The third-order valence-corrected chi connectivity index (χ3v) is 4.05. The number of carbonyl (C=O) groups excluding carboxylic acids is 1. The first kappa shape index (κ1) is 19.3. The minimum absolute atomic E-state index is 0.242. The number of rotatable bonds is 7. The lowest BCUT2D eigenvalue weighted by Crippen LogP contribution is -2.27. The SMILES string of the molecule is COc1cccc(Nc2nc(C)cc(C(=O)NCCc3ccccc3F)n2)c1. The quantitative estimate of drug-likeness (QED) is 0.654. The molecule has 144 valence electrons. The lowest BCUT2D eigenvalue weighted by molar-refractivity contribution is 0.0949. The van der Waals surface area contributed by atoms with Gasteiger partial charge in [0.2, 0.25) is 5.95 Å². The van der Waals surface area contributed by atoms with E-state index in [0.717, 1.165) is 5.69 Å². The molecule has 3 rings (SSSR count). The highest BCUT2D eigenvalue weighted by atomic mass is 19.1. The van der Waals surface area contributed by atoms with Crippen LogP contribution in [0, 0.1) is 12.7 Å². The van der Waals surface area contributed by atoms with Crippen LogP contribution < -0.4 is 15.4 Å². The Morgan fingerprint density at radius 3 is 2.71 bits per heavy atom. The van der Waals surface area contributed by atoms with Gasteiger partial charge in [-0.2, -0.15) is 0 Å². The molecule has 0 radical (unpaired) electrons. The van der Waals surface area contributed by atoms with Crippen molar-refractivity contribution in [3.05, 3.63) is 77.4 Å². The smallest absolute Gasteiger partial charge is 0.270 e. The third kappa shape index (κ3) is 5.03. The van der Waals surface area contributed by atoms with Gasteiger partial charge in [-0.3, -0.25) is 4.79 Å². The van der Waals surface area contributed by atoms with Crippen LogP contribution in [0.1, 0.15) is 21.7 Å². The average molecular weight is 380 g/mol. The number of benzene rings is 2. The Labute approximate surface area is 162 Å². The van der Waals surface area contributed by atoms with E-state index in [1.165, 1.54) is 6.07 Å². The molecule has 0 unspecified atom stereocenters. The molecular weight excluding hydrogens is 359 g/mol. The number of halogens is 1. The minimum atomic E-state index is -0.337. The Hall–Kier alpha value is -3.48. The molecule has 1 aromatic heterocycles. The van der Waals surface area contributed by atoms with Gasteiger partial charge in [0.15, 0.2) is 0 Å². The largest absolute Gasteiger partial charge is 0.497 e. The Bertz CT molecular complexity index is 978. The van der Waals surface area contributed by atoms with E-state index in [9.17, 15) is 9.18 Å². The molecule has 0 aliphatic rings. The van der Waals surface area contributed by atoms with Crippen LogP contribution in [0.4, 0.5) is 16.0 Å². The molecule has 0 bridgehead atoms. The number of methoxy groups -OCH3 is 1. The summed E-state index contributed by atoms with van der Waals surface area (Å²) in [6.45, 7) is 2.09. The van der Waals surface area contributed by atoms with Gasteiger partial charge in [0, 0.05) is 24.0 Å². The van der Waals surface area contributed by atoms with Gasteiger partial charge in [0.1, 0.15) is 17.3 Å². The summed E-state index contributed by atoms with van der Waals surface area (Å²) in [6.07, 6.45) is 0.400. The molecule has 1 heterocycles. The van der Waals surface area contributed by atoms with E-state index < -0.39 is 0 Å². The molecule has 7 heteroatoms. The third-order valence-electron chi connectivity index (χ3n) is 4.05. The molecule has 0 aliphatic heterocycles. The van der Waals surface area contributed by atoms with Crippen LogP contribution in [0.15, 0.2) is 54.6 Å². The number of hydrogen-bond acceptors (Lipinski definition) is 5. The number of hydrogen-bond donors (Lipinski definition) is 2. The molecule has 2 aromatic carbocycles. The maximum Gasteiger partial charge on any atom is 0.270 e. The second kappa shape index (κ2) is 8.94. The minimum Gasteiger partial charge on any atom is -0.497 e. The van der Waals surface area contributed by atoms with Crippen molar-refractivity contribution in [2.75, 3.05) is 19.0 Å². The fourth-order valence-electron chi connectivity index (χ4n) is 2.67. The van der Waals surface area contributed by atoms with Crippen molar-refractivity contribution in [2.45, 2.75) is 13.3 Å². The van der Waals surface area contributed by atoms with Crippen molar-refractivity contribution in [3.8, 4) is 5.75 Å². The maximum atomic E-state index is 13.7. The van der Waals surface area contributed by atoms with E-state index in [1.54, 1.807) is 44.4 Å². The summed E-state index contributed by atoms with van der Waals surface area (Å²) >= 11 is 0. The fraction of sp³-hybridized carbons (Fsp3) is 0.190. The van der Waals surface area contributed by atoms with E-state index in [1.807, 2.05) is 18.2 Å². The normalized spacial score (nSPS) is 10.4. The van der Waals surface area contributed by atoms with Crippen molar-refractivity contribution in [2.24, 2.45) is 0 Å². The van der Waals surface area contributed by atoms with Gasteiger partial charge >= 0.3 is 0 Å². The first-order valence-corrected chi connectivity index (χ1v) is 8.83. The van der Waals surface area contributed by atoms with E-state index >= 15 is 0 Å². The highest BCUT2D eigenvalue weighted by molar-refractivity contribution is 5.92. The zero-order valence-electron chi connectivity index (χ0n) is 15.7. The first-order chi connectivity index (χ1) is 13.5. The summed E-state index contributed by atoms with van der Waals surface area (Å²) in [5.74, 6) is 0.395. The van der Waals surface area contributed by atoms with E-state index in [0.29, 0.717) is 35.9 Å². The monoisotopic (exact) mass is 380 g/mol. The van der Waals surface area contributed by atoms with Crippen LogP contribution in [0.2, 0.25) is 0 Å².